The van der Waals surface area contributed by atoms with Crippen molar-refractivity contribution in [3.05, 3.63) is 24.3 Å². The number of nitrogens with one attached hydrogen (secondary N) is 1. The van der Waals surface area contributed by atoms with E-state index in [1.807, 2.05) is 12.1 Å². The molecule has 7 heteroatoms. The molecule has 0 aliphatic carbocycles. The molecular weight excluding hydrogens is 294 g/mol. The molecule has 1 aliphatic heterocycles. The number of benzene rings is 1. The first-order valence-electron chi connectivity index (χ1n) is 6.70. The molecule has 2 rings (SSSR count). The molecule has 0 atom stereocenters. The van der Waals surface area contributed by atoms with Crippen molar-refractivity contribution in [3.8, 4) is 5.75 Å². The topological polar surface area (TPSA) is 84.7 Å². The summed E-state index contributed by atoms with van der Waals surface area (Å²) in [6.45, 7) is 1.57. The highest BCUT2D eigenvalue weighted by atomic mass is 35.5. The SMILES string of the molecule is Cl.NCCNC(=O)COc1ccc(N2CCCC2=O)cc1. The Morgan fingerprint density at radius 3 is 2.62 bits per heavy atom. The molecule has 1 heterocycles. The minimum Gasteiger partial charge on any atom is -0.484 e. The van der Waals surface area contributed by atoms with E-state index in [0.29, 0.717) is 25.3 Å². The fourth-order valence-corrected chi connectivity index (χ4v) is 2.05. The van der Waals surface area contributed by atoms with Crippen LogP contribution < -0.4 is 20.7 Å². The van der Waals surface area contributed by atoms with Crippen LogP contribution in [-0.2, 0) is 9.59 Å². The third-order valence-electron chi connectivity index (χ3n) is 3.06. The lowest BCUT2D eigenvalue weighted by Gasteiger charge is -2.16. The molecule has 0 radical (unpaired) electrons. The standard InChI is InChI=1S/C14H19N3O3.ClH/c15-7-8-16-13(18)10-20-12-5-3-11(4-6-12)17-9-1-2-14(17)19;/h3-6H,1-2,7-10,15H2,(H,16,18);1H. The Balaban J connectivity index is 0.00000220. The third kappa shape index (κ3) is 4.91. The summed E-state index contributed by atoms with van der Waals surface area (Å²) in [5.74, 6) is 0.553. The van der Waals surface area contributed by atoms with Crippen molar-refractivity contribution in [2.75, 3.05) is 31.1 Å². The fraction of sp³-hybridized carbons (Fsp3) is 0.429. The van der Waals surface area contributed by atoms with Gasteiger partial charge in [-0.15, -0.1) is 12.4 Å². The number of rotatable bonds is 6. The molecule has 21 heavy (non-hydrogen) atoms. The summed E-state index contributed by atoms with van der Waals surface area (Å²) < 4.78 is 5.35. The van der Waals surface area contributed by atoms with Crippen LogP contribution in [0.15, 0.2) is 24.3 Å². The minimum atomic E-state index is -0.200. The first-order valence-corrected chi connectivity index (χ1v) is 6.70. The Labute approximate surface area is 130 Å². The first kappa shape index (κ1) is 17.3. The molecule has 0 aromatic heterocycles. The Morgan fingerprint density at radius 2 is 2.05 bits per heavy atom. The van der Waals surface area contributed by atoms with Crippen molar-refractivity contribution in [2.45, 2.75) is 12.8 Å². The third-order valence-corrected chi connectivity index (χ3v) is 3.06. The Kier molecular flexibility index (Phi) is 6.98. The van der Waals surface area contributed by atoms with Crippen LogP contribution in [0.1, 0.15) is 12.8 Å². The van der Waals surface area contributed by atoms with Gasteiger partial charge in [-0.2, -0.15) is 0 Å². The van der Waals surface area contributed by atoms with Crippen molar-refractivity contribution in [1.29, 1.82) is 0 Å². The maximum Gasteiger partial charge on any atom is 0.257 e. The molecular formula is C14H20ClN3O3. The second-order valence-corrected chi connectivity index (χ2v) is 4.57. The van der Waals surface area contributed by atoms with Gasteiger partial charge in [-0.05, 0) is 30.7 Å². The summed E-state index contributed by atoms with van der Waals surface area (Å²) in [7, 11) is 0. The van der Waals surface area contributed by atoms with Gasteiger partial charge in [0.2, 0.25) is 5.91 Å². The van der Waals surface area contributed by atoms with Gasteiger partial charge in [0.05, 0.1) is 0 Å². The fourth-order valence-electron chi connectivity index (χ4n) is 2.05. The molecule has 1 aliphatic rings. The number of nitrogens with two attached hydrogens (primary N) is 1. The maximum absolute atomic E-state index is 11.6. The molecule has 1 aromatic rings. The lowest BCUT2D eigenvalue weighted by molar-refractivity contribution is -0.123. The van der Waals surface area contributed by atoms with E-state index in [1.54, 1.807) is 17.0 Å². The number of ether oxygens (including phenoxy) is 1. The highest BCUT2D eigenvalue weighted by Crippen LogP contribution is 2.23. The summed E-state index contributed by atoms with van der Waals surface area (Å²) in [5.41, 5.74) is 6.15. The normalized spacial score (nSPS) is 13.8. The van der Waals surface area contributed by atoms with Gasteiger partial charge in [0.1, 0.15) is 5.75 Å². The highest BCUT2D eigenvalue weighted by Gasteiger charge is 2.21. The van der Waals surface area contributed by atoms with Crippen LogP contribution in [0.4, 0.5) is 5.69 Å². The van der Waals surface area contributed by atoms with Crippen LogP contribution in [0.25, 0.3) is 0 Å². The van der Waals surface area contributed by atoms with Crippen LogP contribution in [0.5, 0.6) is 5.75 Å². The summed E-state index contributed by atoms with van der Waals surface area (Å²) in [6.07, 6.45) is 1.51. The Morgan fingerprint density at radius 1 is 1.33 bits per heavy atom. The monoisotopic (exact) mass is 313 g/mol. The van der Waals surface area contributed by atoms with Gasteiger partial charge in [0.25, 0.3) is 5.91 Å². The number of halogens is 1. The van der Waals surface area contributed by atoms with E-state index >= 15 is 0 Å². The molecule has 0 saturated carbocycles. The van der Waals surface area contributed by atoms with E-state index in [-0.39, 0.29) is 30.8 Å². The van der Waals surface area contributed by atoms with Gasteiger partial charge < -0.3 is 20.7 Å². The molecule has 1 aromatic carbocycles. The average molecular weight is 314 g/mol. The zero-order chi connectivity index (χ0) is 14.4. The first-order chi connectivity index (χ1) is 9.70. The van der Waals surface area contributed by atoms with E-state index in [1.165, 1.54) is 0 Å². The number of hydrogen-bond donors (Lipinski definition) is 2. The van der Waals surface area contributed by atoms with Gasteiger partial charge >= 0.3 is 0 Å². The zero-order valence-electron chi connectivity index (χ0n) is 11.7. The summed E-state index contributed by atoms with van der Waals surface area (Å²) >= 11 is 0. The van der Waals surface area contributed by atoms with E-state index in [9.17, 15) is 9.59 Å². The van der Waals surface area contributed by atoms with E-state index in [4.69, 9.17) is 10.5 Å². The second kappa shape index (κ2) is 8.49. The Hall–Kier alpha value is -1.79. The minimum absolute atomic E-state index is 0. The second-order valence-electron chi connectivity index (χ2n) is 4.57. The smallest absolute Gasteiger partial charge is 0.257 e. The summed E-state index contributed by atoms with van der Waals surface area (Å²) in [5, 5.41) is 2.62. The zero-order valence-corrected chi connectivity index (χ0v) is 12.5. The van der Waals surface area contributed by atoms with E-state index < -0.39 is 0 Å². The number of hydrogen-bond acceptors (Lipinski definition) is 4. The van der Waals surface area contributed by atoms with Crippen LogP contribution in [0, 0.1) is 0 Å². The molecule has 0 unspecified atom stereocenters. The van der Waals surface area contributed by atoms with Crippen molar-refractivity contribution < 1.29 is 14.3 Å². The molecule has 6 nitrogen and oxygen atoms in total. The molecule has 1 saturated heterocycles. The van der Waals surface area contributed by atoms with Crippen molar-refractivity contribution in [1.82, 2.24) is 5.32 Å². The van der Waals surface area contributed by atoms with Gasteiger partial charge in [-0.3, -0.25) is 9.59 Å². The number of anilines is 1. The van der Waals surface area contributed by atoms with Crippen LogP contribution in [0.2, 0.25) is 0 Å². The van der Waals surface area contributed by atoms with Crippen molar-refractivity contribution in [3.63, 3.8) is 0 Å². The number of amides is 2. The Bertz CT molecular complexity index is 479. The molecule has 116 valence electrons. The van der Waals surface area contributed by atoms with Gasteiger partial charge in [0.15, 0.2) is 6.61 Å². The summed E-state index contributed by atoms with van der Waals surface area (Å²) in [4.78, 5) is 24.7. The number of nitrogens with zero attached hydrogens (tertiary/aromatic N) is 1. The summed E-state index contributed by atoms with van der Waals surface area (Å²) in [6, 6.07) is 7.18. The van der Waals surface area contributed by atoms with Gasteiger partial charge in [-0.25, -0.2) is 0 Å². The van der Waals surface area contributed by atoms with E-state index in [0.717, 1.165) is 18.7 Å². The van der Waals surface area contributed by atoms with Gasteiger partial charge in [-0.1, -0.05) is 0 Å². The van der Waals surface area contributed by atoms with E-state index in [2.05, 4.69) is 5.32 Å². The predicted molar refractivity (Wildman–Crippen MR) is 82.8 cm³/mol. The maximum atomic E-state index is 11.6. The van der Waals surface area contributed by atoms with Gasteiger partial charge in [0, 0.05) is 31.7 Å². The number of carbonyl (C=O) groups is 2. The average Bonchev–Trinajstić information content (AvgIpc) is 2.89. The molecule has 0 spiro atoms. The van der Waals surface area contributed by atoms with Crippen LogP contribution in [-0.4, -0.2) is 38.1 Å². The predicted octanol–water partition coefficient (Wildman–Crippen LogP) is 0.689. The lowest BCUT2D eigenvalue weighted by atomic mass is 10.3. The molecule has 3 N–H and O–H groups in total. The van der Waals surface area contributed by atoms with Crippen LogP contribution >= 0.6 is 12.4 Å². The molecule has 2 amide bonds. The number of carbonyl (C=O) groups excluding carboxylic acids is 2. The van der Waals surface area contributed by atoms with Crippen LogP contribution in [0.3, 0.4) is 0 Å². The molecule has 1 fully saturated rings. The highest BCUT2D eigenvalue weighted by molar-refractivity contribution is 5.95. The van der Waals surface area contributed by atoms with Crippen molar-refractivity contribution in [2.24, 2.45) is 5.73 Å². The van der Waals surface area contributed by atoms with Crippen molar-refractivity contribution >= 4 is 29.9 Å². The quantitative estimate of drug-likeness (QED) is 0.809. The largest absolute Gasteiger partial charge is 0.484 e. The molecule has 0 bridgehead atoms. The lowest BCUT2D eigenvalue weighted by Crippen LogP contribution is -2.32.